The fourth-order valence-corrected chi connectivity index (χ4v) is 3.03. The maximum atomic E-state index is 3.73. The topological polar surface area (TPSA) is 15.3 Å². The summed E-state index contributed by atoms with van der Waals surface area (Å²) in [6, 6.07) is 17.1. The Hall–Kier alpha value is -1.32. The molecule has 1 N–H and O–H groups in total. The van der Waals surface area contributed by atoms with E-state index in [0.29, 0.717) is 0 Å². The Kier molecular flexibility index (Phi) is 6.27. The van der Waals surface area contributed by atoms with Crippen molar-refractivity contribution in [2.24, 2.45) is 0 Å². The molecule has 0 unspecified atom stereocenters. The van der Waals surface area contributed by atoms with Gasteiger partial charge in [0.1, 0.15) is 0 Å². The van der Waals surface area contributed by atoms with Crippen molar-refractivity contribution < 1.29 is 0 Å². The van der Waals surface area contributed by atoms with Crippen LogP contribution in [-0.4, -0.2) is 13.1 Å². The Morgan fingerprint density at radius 1 is 1.05 bits per heavy atom. The minimum atomic E-state index is 0.921. The first-order valence-corrected chi connectivity index (χ1v) is 8.37. The monoisotopic (exact) mass is 346 g/mol. The molecule has 3 heteroatoms. The summed E-state index contributed by atoms with van der Waals surface area (Å²) in [4.78, 5) is 2.31. The summed E-state index contributed by atoms with van der Waals surface area (Å²) in [6.45, 7) is 7.28. The Morgan fingerprint density at radius 3 is 2.43 bits per heavy atom. The quantitative estimate of drug-likeness (QED) is 0.701. The highest BCUT2D eigenvalue weighted by Gasteiger charge is 2.10. The van der Waals surface area contributed by atoms with E-state index in [9.17, 15) is 0 Å². The number of hydrogen-bond donors (Lipinski definition) is 1. The maximum absolute atomic E-state index is 3.73. The smallest absolute Gasteiger partial charge is 0.0555 e. The van der Waals surface area contributed by atoms with E-state index in [2.05, 4.69) is 88.5 Å². The molecule has 2 nitrogen and oxygen atoms in total. The normalized spacial score (nSPS) is 10.6. The molecule has 0 aliphatic heterocycles. The molecule has 0 heterocycles. The van der Waals surface area contributed by atoms with E-state index in [1.165, 1.54) is 16.9 Å². The molecule has 2 rings (SSSR count). The van der Waals surface area contributed by atoms with Crippen LogP contribution in [0.1, 0.15) is 25.8 Å². The summed E-state index contributed by atoms with van der Waals surface area (Å²) in [7, 11) is 0. The molecule has 0 saturated carbocycles. The van der Waals surface area contributed by atoms with Crippen molar-refractivity contribution in [1.82, 2.24) is 5.32 Å². The molecule has 0 spiro atoms. The third-order valence-corrected chi connectivity index (χ3v) is 4.08. The number of para-hydroxylation sites is 1. The third-order valence-electron chi connectivity index (χ3n) is 3.44. The highest BCUT2D eigenvalue weighted by Crippen LogP contribution is 2.32. The Bertz CT molecular complexity index is 554. The van der Waals surface area contributed by atoms with Crippen LogP contribution in [0.4, 0.5) is 11.4 Å². The van der Waals surface area contributed by atoms with Crippen molar-refractivity contribution in [3.63, 3.8) is 0 Å². The zero-order valence-electron chi connectivity index (χ0n) is 12.8. The third kappa shape index (κ3) is 4.32. The maximum Gasteiger partial charge on any atom is 0.0555 e. The number of hydrogen-bond acceptors (Lipinski definition) is 2. The SMILES string of the molecule is CCCNCc1ccc(N(CC)c2ccccc2)c(Br)c1. The van der Waals surface area contributed by atoms with Crippen molar-refractivity contribution in [1.29, 1.82) is 0 Å². The Balaban J connectivity index is 2.19. The zero-order valence-corrected chi connectivity index (χ0v) is 14.4. The lowest BCUT2D eigenvalue weighted by Crippen LogP contribution is -2.17. The van der Waals surface area contributed by atoms with E-state index in [0.717, 1.165) is 30.5 Å². The predicted octanol–water partition coefficient (Wildman–Crippen LogP) is 5.11. The van der Waals surface area contributed by atoms with E-state index < -0.39 is 0 Å². The summed E-state index contributed by atoms with van der Waals surface area (Å²) in [6.07, 6.45) is 1.16. The first-order chi connectivity index (χ1) is 10.3. The Morgan fingerprint density at radius 2 is 1.81 bits per heavy atom. The van der Waals surface area contributed by atoms with Gasteiger partial charge in [0.25, 0.3) is 0 Å². The first kappa shape index (κ1) is 16.1. The molecule has 112 valence electrons. The molecule has 0 aliphatic rings. The van der Waals surface area contributed by atoms with Gasteiger partial charge in [-0.1, -0.05) is 31.2 Å². The fourth-order valence-electron chi connectivity index (χ4n) is 2.39. The largest absolute Gasteiger partial charge is 0.341 e. The van der Waals surface area contributed by atoms with Gasteiger partial charge in [-0.2, -0.15) is 0 Å². The van der Waals surface area contributed by atoms with Gasteiger partial charge in [-0.25, -0.2) is 0 Å². The number of nitrogens with zero attached hydrogens (tertiary/aromatic N) is 1. The van der Waals surface area contributed by atoms with Gasteiger partial charge >= 0.3 is 0 Å². The van der Waals surface area contributed by atoms with E-state index >= 15 is 0 Å². The summed E-state index contributed by atoms with van der Waals surface area (Å²) in [5.41, 5.74) is 3.74. The highest BCUT2D eigenvalue weighted by atomic mass is 79.9. The van der Waals surface area contributed by atoms with Crippen LogP contribution in [0.25, 0.3) is 0 Å². The van der Waals surface area contributed by atoms with Gasteiger partial charge in [-0.3, -0.25) is 0 Å². The second-order valence-electron chi connectivity index (χ2n) is 5.04. The molecule has 0 aromatic heterocycles. The van der Waals surface area contributed by atoms with E-state index in [-0.39, 0.29) is 0 Å². The lowest BCUT2D eigenvalue weighted by Gasteiger charge is -2.25. The van der Waals surface area contributed by atoms with Gasteiger partial charge in [-0.15, -0.1) is 0 Å². The molecule has 0 aliphatic carbocycles. The number of benzene rings is 2. The molecular weight excluding hydrogens is 324 g/mol. The zero-order chi connectivity index (χ0) is 15.1. The van der Waals surface area contributed by atoms with Crippen LogP contribution >= 0.6 is 15.9 Å². The van der Waals surface area contributed by atoms with Crippen LogP contribution in [0.5, 0.6) is 0 Å². The second-order valence-corrected chi connectivity index (χ2v) is 5.90. The molecular formula is C18H23BrN2. The van der Waals surface area contributed by atoms with Crippen LogP contribution in [0.3, 0.4) is 0 Å². The van der Waals surface area contributed by atoms with Crippen LogP contribution in [0.2, 0.25) is 0 Å². The Labute approximate surface area is 136 Å². The second kappa shape index (κ2) is 8.20. The van der Waals surface area contributed by atoms with Crippen LogP contribution in [0.15, 0.2) is 53.0 Å². The first-order valence-electron chi connectivity index (χ1n) is 7.58. The average Bonchev–Trinajstić information content (AvgIpc) is 2.51. The van der Waals surface area contributed by atoms with Crippen molar-refractivity contribution >= 4 is 27.3 Å². The van der Waals surface area contributed by atoms with Crippen molar-refractivity contribution in [3.05, 3.63) is 58.6 Å². The number of rotatable bonds is 7. The molecule has 0 radical (unpaired) electrons. The van der Waals surface area contributed by atoms with Gasteiger partial charge in [0.15, 0.2) is 0 Å². The van der Waals surface area contributed by atoms with Gasteiger partial charge in [-0.05, 0) is 65.6 Å². The number of halogens is 1. The van der Waals surface area contributed by atoms with E-state index in [1.54, 1.807) is 0 Å². The molecule has 2 aromatic carbocycles. The lowest BCUT2D eigenvalue weighted by atomic mass is 10.1. The van der Waals surface area contributed by atoms with Crippen LogP contribution in [0, 0.1) is 0 Å². The molecule has 0 bridgehead atoms. The van der Waals surface area contributed by atoms with Crippen LogP contribution in [-0.2, 0) is 6.54 Å². The molecule has 0 saturated heterocycles. The molecule has 0 amide bonds. The molecule has 2 aromatic rings. The standard InChI is InChI=1S/C18H23BrN2/c1-3-12-20-14-15-10-11-18(17(19)13-15)21(4-2)16-8-6-5-7-9-16/h5-11,13,20H,3-4,12,14H2,1-2H3. The van der Waals surface area contributed by atoms with Crippen molar-refractivity contribution in [3.8, 4) is 0 Å². The summed E-state index contributed by atoms with van der Waals surface area (Å²) >= 11 is 3.73. The molecule has 0 fully saturated rings. The summed E-state index contributed by atoms with van der Waals surface area (Å²) in [5.74, 6) is 0. The minimum Gasteiger partial charge on any atom is -0.341 e. The number of nitrogens with one attached hydrogen (secondary N) is 1. The molecule has 21 heavy (non-hydrogen) atoms. The summed E-state index contributed by atoms with van der Waals surface area (Å²) < 4.78 is 1.14. The summed E-state index contributed by atoms with van der Waals surface area (Å²) in [5, 5.41) is 3.44. The fraction of sp³-hybridized carbons (Fsp3) is 0.333. The average molecular weight is 347 g/mol. The van der Waals surface area contributed by atoms with Crippen LogP contribution < -0.4 is 10.2 Å². The van der Waals surface area contributed by atoms with Gasteiger partial charge in [0.2, 0.25) is 0 Å². The van der Waals surface area contributed by atoms with Gasteiger partial charge in [0, 0.05) is 23.2 Å². The van der Waals surface area contributed by atoms with E-state index in [4.69, 9.17) is 0 Å². The van der Waals surface area contributed by atoms with Crippen molar-refractivity contribution in [2.75, 3.05) is 18.0 Å². The highest BCUT2D eigenvalue weighted by molar-refractivity contribution is 9.10. The van der Waals surface area contributed by atoms with Crippen molar-refractivity contribution in [2.45, 2.75) is 26.8 Å². The van der Waals surface area contributed by atoms with Gasteiger partial charge in [0.05, 0.1) is 5.69 Å². The predicted molar refractivity (Wildman–Crippen MR) is 95.3 cm³/mol. The molecule has 0 atom stereocenters. The lowest BCUT2D eigenvalue weighted by molar-refractivity contribution is 0.675. The van der Waals surface area contributed by atoms with Gasteiger partial charge < -0.3 is 10.2 Å². The number of anilines is 2. The van der Waals surface area contributed by atoms with E-state index in [1.807, 2.05) is 0 Å². The minimum absolute atomic E-state index is 0.921.